The first-order valence-electron chi connectivity index (χ1n) is 6.20. The first-order valence-corrected chi connectivity index (χ1v) is 7.08. The SMILES string of the molecule is CC(c1nc(C(=O)O)cs1)N1C(=O)C2CCC(O2)C1=O. The van der Waals surface area contributed by atoms with Crippen molar-refractivity contribution in [2.24, 2.45) is 0 Å². The lowest BCUT2D eigenvalue weighted by atomic mass is 10.2. The number of carbonyl (C=O) groups is 3. The number of thiazole rings is 1. The van der Waals surface area contributed by atoms with Crippen LogP contribution in [0.2, 0.25) is 0 Å². The third kappa shape index (κ3) is 1.92. The number of aromatic nitrogens is 1. The second-order valence-electron chi connectivity index (χ2n) is 4.79. The largest absolute Gasteiger partial charge is 0.476 e. The van der Waals surface area contributed by atoms with E-state index in [9.17, 15) is 14.4 Å². The number of fused-ring (bicyclic) bond motifs is 2. The molecule has 3 unspecified atom stereocenters. The van der Waals surface area contributed by atoms with Crippen LogP contribution in [0.25, 0.3) is 0 Å². The van der Waals surface area contributed by atoms with Gasteiger partial charge < -0.3 is 9.84 Å². The average Bonchev–Trinajstić information content (AvgIpc) is 3.05. The first-order chi connectivity index (χ1) is 9.49. The number of carboxylic acid groups (broad SMARTS) is 1. The summed E-state index contributed by atoms with van der Waals surface area (Å²) in [6, 6.07) is -0.569. The summed E-state index contributed by atoms with van der Waals surface area (Å²) in [7, 11) is 0. The van der Waals surface area contributed by atoms with Gasteiger partial charge in [0, 0.05) is 5.38 Å². The molecule has 2 fully saturated rings. The Balaban J connectivity index is 1.88. The van der Waals surface area contributed by atoms with Gasteiger partial charge in [-0.2, -0.15) is 0 Å². The van der Waals surface area contributed by atoms with Gasteiger partial charge in [0.1, 0.15) is 17.2 Å². The molecular weight excluding hydrogens is 284 g/mol. The zero-order valence-electron chi connectivity index (χ0n) is 10.6. The average molecular weight is 296 g/mol. The minimum atomic E-state index is -1.13. The standard InChI is InChI=1S/C12H12N2O5S/c1-5(9-13-6(4-20-9)12(17)18)14-10(15)7-2-3-8(19-7)11(14)16/h4-5,7-8H,2-3H2,1H3,(H,17,18). The number of likely N-dealkylation sites (tertiary alicyclic amines) is 1. The summed E-state index contributed by atoms with van der Waals surface area (Å²) in [4.78, 5) is 40.3. The van der Waals surface area contributed by atoms with Crippen LogP contribution in [0.1, 0.15) is 41.3 Å². The van der Waals surface area contributed by atoms with E-state index < -0.39 is 24.2 Å². The molecule has 20 heavy (non-hydrogen) atoms. The summed E-state index contributed by atoms with van der Waals surface area (Å²) in [5.74, 6) is -1.84. The summed E-state index contributed by atoms with van der Waals surface area (Å²) in [5.41, 5.74) is -0.0759. The Kier molecular flexibility index (Phi) is 3.06. The fourth-order valence-electron chi connectivity index (χ4n) is 2.49. The van der Waals surface area contributed by atoms with Gasteiger partial charge in [-0.25, -0.2) is 9.78 Å². The molecule has 0 saturated carbocycles. The van der Waals surface area contributed by atoms with Crippen LogP contribution in [-0.2, 0) is 14.3 Å². The van der Waals surface area contributed by atoms with Gasteiger partial charge in [0.05, 0.1) is 6.04 Å². The normalized spacial score (nSPS) is 26.9. The van der Waals surface area contributed by atoms with Gasteiger partial charge in [0.2, 0.25) is 0 Å². The molecule has 1 aromatic rings. The third-order valence-electron chi connectivity index (χ3n) is 3.53. The van der Waals surface area contributed by atoms with E-state index in [4.69, 9.17) is 9.84 Å². The lowest BCUT2D eigenvalue weighted by Crippen LogP contribution is -2.52. The molecule has 0 aliphatic carbocycles. The Morgan fingerprint density at radius 1 is 1.45 bits per heavy atom. The number of hydrogen-bond acceptors (Lipinski definition) is 6. The number of carboxylic acids is 1. The van der Waals surface area contributed by atoms with Gasteiger partial charge in [0.15, 0.2) is 5.69 Å². The number of rotatable bonds is 3. The fourth-order valence-corrected chi connectivity index (χ4v) is 3.33. The lowest BCUT2D eigenvalue weighted by molar-refractivity contribution is -0.171. The van der Waals surface area contributed by atoms with Crippen molar-refractivity contribution in [3.63, 3.8) is 0 Å². The molecule has 8 heteroatoms. The number of aromatic carboxylic acids is 1. The van der Waals surface area contributed by atoms with Crippen LogP contribution in [0, 0.1) is 0 Å². The van der Waals surface area contributed by atoms with Crippen LogP contribution < -0.4 is 0 Å². The second-order valence-corrected chi connectivity index (χ2v) is 5.68. The quantitative estimate of drug-likeness (QED) is 0.829. The summed E-state index contributed by atoms with van der Waals surface area (Å²) in [6.07, 6.45) is -0.00829. The first kappa shape index (κ1) is 13.2. The molecule has 3 atom stereocenters. The van der Waals surface area contributed by atoms with E-state index in [-0.39, 0.29) is 17.5 Å². The molecule has 2 aliphatic heterocycles. The summed E-state index contributed by atoms with van der Waals surface area (Å²) < 4.78 is 5.33. The van der Waals surface area contributed by atoms with Crippen molar-refractivity contribution < 1.29 is 24.2 Å². The van der Waals surface area contributed by atoms with E-state index in [1.54, 1.807) is 6.92 Å². The smallest absolute Gasteiger partial charge is 0.355 e. The van der Waals surface area contributed by atoms with Crippen LogP contribution in [0.4, 0.5) is 0 Å². The van der Waals surface area contributed by atoms with Crippen LogP contribution in [0.3, 0.4) is 0 Å². The summed E-state index contributed by atoms with van der Waals surface area (Å²) >= 11 is 1.13. The van der Waals surface area contributed by atoms with Crippen LogP contribution in [0.5, 0.6) is 0 Å². The second kappa shape index (κ2) is 4.64. The van der Waals surface area contributed by atoms with Gasteiger partial charge in [-0.15, -0.1) is 11.3 Å². The van der Waals surface area contributed by atoms with Gasteiger partial charge in [-0.3, -0.25) is 14.5 Å². The van der Waals surface area contributed by atoms with E-state index in [2.05, 4.69) is 4.98 Å². The minimum absolute atomic E-state index is 0.0759. The highest BCUT2D eigenvalue weighted by atomic mass is 32.1. The van der Waals surface area contributed by atoms with Crippen molar-refractivity contribution in [1.29, 1.82) is 0 Å². The molecular formula is C12H12N2O5S. The molecule has 0 radical (unpaired) electrons. The monoisotopic (exact) mass is 296 g/mol. The molecule has 3 heterocycles. The Morgan fingerprint density at radius 2 is 2.05 bits per heavy atom. The molecule has 0 spiro atoms. The van der Waals surface area contributed by atoms with E-state index in [1.807, 2.05) is 0 Å². The zero-order chi connectivity index (χ0) is 14.4. The summed E-state index contributed by atoms with van der Waals surface area (Å²) in [5, 5.41) is 10.7. The van der Waals surface area contributed by atoms with Crippen molar-refractivity contribution in [3.05, 3.63) is 16.1 Å². The predicted molar refractivity (Wildman–Crippen MR) is 67.2 cm³/mol. The Morgan fingerprint density at radius 3 is 2.55 bits per heavy atom. The molecule has 3 rings (SSSR count). The van der Waals surface area contributed by atoms with Gasteiger partial charge >= 0.3 is 5.97 Å². The number of amides is 2. The van der Waals surface area contributed by atoms with Crippen LogP contribution in [-0.4, -0.2) is 45.0 Å². The van der Waals surface area contributed by atoms with Gasteiger partial charge in [-0.05, 0) is 19.8 Å². The number of ether oxygens (including phenoxy) is 1. The molecule has 0 aromatic carbocycles. The zero-order valence-corrected chi connectivity index (χ0v) is 11.4. The van der Waals surface area contributed by atoms with Crippen LogP contribution in [0.15, 0.2) is 5.38 Å². The van der Waals surface area contributed by atoms with Gasteiger partial charge in [0.25, 0.3) is 11.8 Å². The number of hydrogen-bond donors (Lipinski definition) is 1. The van der Waals surface area contributed by atoms with Gasteiger partial charge in [-0.1, -0.05) is 0 Å². The predicted octanol–water partition coefficient (Wildman–Crippen LogP) is 0.819. The maximum atomic E-state index is 12.2. The molecule has 2 bridgehead atoms. The molecule has 2 amide bonds. The maximum absolute atomic E-state index is 12.2. The third-order valence-corrected chi connectivity index (χ3v) is 4.55. The Bertz CT molecular complexity index is 576. The maximum Gasteiger partial charge on any atom is 0.355 e. The highest BCUT2D eigenvalue weighted by molar-refractivity contribution is 7.09. The van der Waals surface area contributed by atoms with E-state index in [1.165, 1.54) is 5.38 Å². The summed E-state index contributed by atoms with van der Waals surface area (Å²) in [6.45, 7) is 1.67. The van der Waals surface area contributed by atoms with E-state index >= 15 is 0 Å². The molecule has 1 aromatic heterocycles. The molecule has 106 valence electrons. The van der Waals surface area contributed by atoms with Crippen molar-refractivity contribution in [3.8, 4) is 0 Å². The van der Waals surface area contributed by atoms with E-state index in [0.29, 0.717) is 17.8 Å². The molecule has 2 saturated heterocycles. The van der Waals surface area contributed by atoms with Crippen LogP contribution >= 0.6 is 11.3 Å². The molecule has 7 nitrogen and oxygen atoms in total. The highest BCUT2D eigenvalue weighted by Crippen LogP contribution is 2.34. The molecule has 2 aliphatic rings. The van der Waals surface area contributed by atoms with Crippen molar-refractivity contribution in [2.45, 2.75) is 38.0 Å². The lowest BCUT2D eigenvalue weighted by Gasteiger charge is -2.33. The number of morpholine rings is 1. The fraction of sp³-hybridized carbons (Fsp3) is 0.500. The minimum Gasteiger partial charge on any atom is -0.476 e. The Labute approximate surface area is 118 Å². The van der Waals surface area contributed by atoms with E-state index in [0.717, 1.165) is 16.2 Å². The number of carbonyl (C=O) groups excluding carboxylic acids is 2. The Hall–Kier alpha value is -1.80. The van der Waals surface area contributed by atoms with Crippen molar-refractivity contribution >= 4 is 29.1 Å². The molecule has 1 N–H and O–H groups in total. The number of imide groups is 1. The van der Waals surface area contributed by atoms with Crippen molar-refractivity contribution in [1.82, 2.24) is 9.88 Å². The number of nitrogens with zero attached hydrogens (tertiary/aromatic N) is 2. The highest BCUT2D eigenvalue weighted by Gasteiger charge is 2.48. The van der Waals surface area contributed by atoms with Crippen molar-refractivity contribution in [2.75, 3.05) is 0 Å². The topological polar surface area (TPSA) is 96.8 Å².